The van der Waals surface area contributed by atoms with Crippen molar-refractivity contribution < 1.29 is 0 Å². The molecule has 0 amide bonds. The Balaban J connectivity index is 1.66. The van der Waals surface area contributed by atoms with Gasteiger partial charge in [0.1, 0.15) is 5.82 Å². The van der Waals surface area contributed by atoms with Gasteiger partial charge in [-0.05, 0) is 38.3 Å². The van der Waals surface area contributed by atoms with Crippen LogP contribution >= 0.6 is 0 Å². The maximum Gasteiger partial charge on any atom is 0.131 e. The van der Waals surface area contributed by atoms with Gasteiger partial charge in [-0.2, -0.15) is 0 Å². The van der Waals surface area contributed by atoms with E-state index >= 15 is 0 Å². The van der Waals surface area contributed by atoms with E-state index in [4.69, 9.17) is 0 Å². The van der Waals surface area contributed by atoms with Gasteiger partial charge in [-0.3, -0.25) is 0 Å². The molecule has 16 heavy (non-hydrogen) atoms. The van der Waals surface area contributed by atoms with Crippen molar-refractivity contribution in [2.24, 2.45) is 0 Å². The number of aromatic nitrogens is 2. The number of rotatable bonds is 3. The van der Waals surface area contributed by atoms with Gasteiger partial charge in [-0.1, -0.05) is 6.42 Å². The van der Waals surface area contributed by atoms with Gasteiger partial charge >= 0.3 is 0 Å². The highest BCUT2D eigenvalue weighted by Crippen LogP contribution is 2.37. The van der Waals surface area contributed by atoms with Crippen LogP contribution < -0.4 is 5.32 Å². The third kappa shape index (κ3) is 2.40. The van der Waals surface area contributed by atoms with Crippen LogP contribution in [-0.2, 0) is 6.42 Å². The maximum absolute atomic E-state index is 4.68. The van der Waals surface area contributed by atoms with E-state index in [2.05, 4.69) is 21.4 Å². The molecule has 1 atom stereocenters. The van der Waals surface area contributed by atoms with Gasteiger partial charge in [-0.15, -0.1) is 0 Å². The fraction of sp³-hybridized carbons (Fsp3) is 0.692. The normalized spacial score (nSPS) is 25.6. The van der Waals surface area contributed by atoms with Crippen LogP contribution in [0.3, 0.4) is 0 Å². The largest absolute Gasteiger partial charge is 0.314 e. The summed E-state index contributed by atoms with van der Waals surface area (Å²) in [6.45, 7) is 1.17. The topological polar surface area (TPSA) is 37.8 Å². The Kier molecular flexibility index (Phi) is 2.87. The summed E-state index contributed by atoms with van der Waals surface area (Å²) in [5, 5.41) is 3.57. The molecule has 1 unspecified atom stereocenters. The van der Waals surface area contributed by atoms with Gasteiger partial charge in [0.25, 0.3) is 0 Å². The fourth-order valence-electron chi connectivity index (χ4n) is 2.42. The summed E-state index contributed by atoms with van der Waals surface area (Å²) in [6, 6.07) is 2.71. The molecule has 2 aliphatic rings. The minimum absolute atomic E-state index is 0.635. The summed E-state index contributed by atoms with van der Waals surface area (Å²) in [6.07, 6.45) is 9.55. The van der Waals surface area contributed by atoms with Crippen LogP contribution in [0.15, 0.2) is 12.3 Å². The van der Waals surface area contributed by atoms with Crippen molar-refractivity contribution in [1.29, 1.82) is 0 Å². The highest BCUT2D eigenvalue weighted by molar-refractivity contribution is 5.11. The summed E-state index contributed by atoms with van der Waals surface area (Å²) in [5.41, 5.74) is 1.22. The lowest BCUT2D eigenvalue weighted by atomic mass is 10.0. The van der Waals surface area contributed by atoms with Crippen molar-refractivity contribution in [2.75, 3.05) is 6.54 Å². The molecule has 1 N–H and O–H groups in total. The molecule has 1 aliphatic heterocycles. The van der Waals surface area contributed by atoms with Crippen molar-refractivity contribution in [1.82, 2.24) is 15.3 Å². The first-order valence-corrected chi connectivity index (χ1v) is 6.47. The summed E-state index contributed by atoms with van der Waals surface area (Å²) >= 11 is 0. The number of hydrogen-bond acceptors (Lipinski definition) is 3. The minimum Gasteiger partial charge on any atom is -0.314 e. The standard InChI is InChI=1S/C13H19N3/c1-2-7-14-11(3-1)9-12-6-8-15-13(16-12)10-4-5-10/h6,8,10-11,14H,1-5,7,9H2. The Morgan fingerprint density at radius 2 is 2.19 bits per heavy atom. The molecule has 1 aromatic heterocycles. The molecule has 3 heteroatoms. The molecule has 2 heterocycles. The smallest absolute Gasteiger partial charge is 0.131 e. The van der Waals surface area contributed by atoms with Crippen LogP contribution in [0.1, 0.15) is 49.5 Å². The zero-order chi connectivity index (χ0) is 10.8. The van der Waals surface area contributed by atoms with Crippen LogP contribution in [0.2, 0.25) is 0 Å². The number of hydrogen-bond donors (Lipinski definition) is 1. The highest BCUT2D eigenvalue weighted by atomic mass is 14.9. The Hall–Kier alpha value is -0.960. The molecule has 3 rings (SSSR count). The van der Waals surface area contributed by atoms with Crippen LogP contribution in [0.5, 0.6) is 0 Å². The lowest BCUT2D eigenvalue weighted by Gasteiger charge is -2.23. The second kappa shape index (κ2) is 4.50. The van der Waals surface area contributed by atoms with Crippen molar-refractivity contribution in [3.63, 3.8) is 0 Å². The van der Waals surface area contributed by atoms with Gasteiger partial charge in [0, 0.05) is 30.3 Å². The number of nitrogens with one attached hydrogen (secondary N) is 1. The Labute approximate surface area is 96.7 Å². The van der Waals surface area contributed by atoms with Gasteiger partial charge in [0.2, 0.25) is 0 Å². The molecular weight excluding hydrogens is 198 g/mol. The fourth-order valence-corrected chi connectivity index (χ4v) is 2.42. The monoisotopic (exact) mass is 217 g/mol. The highest BCUT2D eigenvalue weighted by Gasteiger charge is 2.26. The second-order valence-electron chi connectivity index (χ2n) is 5.03. The van der Waals surface area contributed by atoms with Crippen LogP contribution in [-0.4, -0.2) is 22.6 Å². The maximum atomic E-state index is 4.68. The van der Waals surface area contributed by atoms with E-state index in [9.17, 15) is 0 Å². The lowest BCUT2D eigenvalue weighted by Crippen LogP contribution is -2.35. The van der Waals surface area contributed by atoms with Crippen molar-refractivity contribution in [2.45, 2.75) is 50.5 Å². The Morgan fingerprint density at radius 1 is 1.25 bits per heavy atom. The van der Waals surface area contributed by atoms with Crippen molar-refractivity contribution in [3.05, 3.63) is 23.8 Å². The first-order chi connectivity index (χ1) is 7.92. The third-order valence-electron chi connectivity index (χ3n) is 3.54. The molecule has 1 aliphatic carbocycles. The van der Waals surface area contributed by atoms with E-state index in [1.165, 1.54) is 44.3 Å². The van der Waals surface area contributed by atoms with E-state index in [0.29, 0.717) is 12.0 Å². The molecular formula is C13H19N3. The molecule has 0 bridgehead atoms. The predicted molar refractivity (Wildman–Crippen MR) is 63.4 cm³/mol. The van der Waals surface area contributed by atoms with Crippen LogP contribution in [0, 0.1) is 0 Å². The molecule has 86 valence electrons. The summed E-state index contributed by atoms with van der Waals surface area (Å²) < 4.78 is 0. The van der Waals surface area contributed by atoms with E-state index in [1.807, 2.05) is 6.20 Å². The van der Waals surface area contributed by atoms with Gasteiger partial charge in [-0.25, -0.2) is 9.97 Å². The SMILES string of the molecule is c1cc(CC2CCCCN2)nc(C2CC2)n1. The average Bonchev–Trinajstić information content (AvgIpc) is 3.15. The molecule has 2 fully saturated rings. The van der Waals surface area contributed by atoms with E-state index in [1.54, 1.807) is 0 Å². The molecule has 1 saturated carbocycles. The molecule has 0 spiro atoms. The number of nitrogens with zero attached hydrogens (tertiary/aromatic N) is 2. The summed E-state index contributed by atoms with van der Waals surface area (Å²) in [7, 11) is 0. The van der Waals surface area contributed by atoms with Gasteiger partial charge < -0.3 is 5.32 Å². The van der Waals surface area contributed by atoms with Crippen molar-refractivity contribution >= 4 is 0 Å². The molecule has 1 aromatic rings. The molecule has 1 saturated heterocycles. The quantitative estimate of drug-likeness (QED) is 0.842. The van der Waals surface area contributed by atoms with E-state index < -0.39 is 0 Å². The van der Waals surface area contributed by atoms with Crippen molar-refractivity contribution in [3.8, 4) is 0 Å². The number of piperidine rings is 1. The van der Waals surface area contributed by atoms with E-state index in [-0.39, 0.29) is 0 Å². The first-order valence-electron chi connectivity index (χ1n) is 6.47. The molecule has 0 aromatic carbocycles. The molecule has 3 nitrogen and oxygen atoms in total. The van der Waals surface area contributed by atoms with Gasteiger partial charge in [0.05, 0.1) is 0 Å². The first kappa shape index (κ1) is 10.2. The third-order valence-corrected chi connectivity index (χ3v) is 3.54. The Bertz CT molecular complexity index is 354. The van der Waals surface area contributed by atoms with Crippen LogP contribution in [0.25, 0.3) is 0 Å². The zero-order valence-electron chi connectivity index (χ0n) is 9.65. The zero-order valence-corrected chi connectivity index (χ0v) is 9.65. The lowest BCUT2D eigenvalue weighted by molar-refractivity contribution is 0.396. The van der Waals surface area contributed by atoms with Gasteiger partial charge in [0.15, 0.2) is 0 Å². The van der Waals surface area contributed by atoms with E-state index in [0.717, 1.165) is 12.2 Å². The summed E-state index contributed by atoms with van der Waals surface area (Å²) in [5.74, 6) is 1.74. The predicted octanol–water partition coefficient (Wildman–Crippen LogP) is 2.04. The second-order valence-corrected chi connectivity index (χ2v) is 5.03. The van der Waals surface area contributed by atoms with Crippen LogP contribution in [0.4, 0.5) is 0 Å². The minimum atomic E-state index is 0.635. The molecule has 0 radical (unpaired) electrons. The Morgan fingerprint density at radius 3 is 2.94 bits per heavy atom. The average molecular weight is 217 g/mol. The summed E-state index contributed by atoms with van der Waals surface area (Å²) in [4.78, 5) is 9.04.